The zero-order valence-electron chi connectivity index (χ0n) is 19.1. The summed E-state index contributed by atoms with van der Waals surface area (Å²) in [5, 5.41) is 6.68. The first-order valence-corrected chi connectivity index (χ1v) is 11.3. The first-order valence-electron chi connectivity index (χ1n) is 11.3. The molecule has 2 aliphatic heterocycles. The number of piperazine rings is 1. The molecule has 32 heavy (non-hydrogen) atoms. The molecule has 4 N–H and O–H groups in total. The molecule has 0 spiro atoms. The van der Waals surface area contributed by atoms with Crippen LogP contribution in [0.15, 0.2) is 23.2 Å². The van der Waals surface area contributed by atoms with Crippen LogP contribution in [-0.2, 0) is 6.54 Å². The van der Waals surface area contributed by atoms with E-state index in [4.69, 9.17) is 5.73 Å². The molecule has 2 aliphatic rings. The molecular weight excluding hydrogens is 524 g/mol. The van der Waals surface area contributed by atoms with Crippen molar-refractivity contribution in [2.75, 3.05) is 57.3 Å². The van der Waals surface area contributed by atoms with Gasteiger partial charge in [-0.1, -0.05) is 13.0 Å². The number of carbonyl (C=O) groups excluding carboxylic acids is 1. The van der Waals surface area contributed by atoms with Crippen LogP contribution in [0.3, 0.4) is 0 Å². The smallest absolute Gasteiger partial charge is 0.314 e. The molecular formula is C22H37FIN7O. The Labute approximate surface area is 207 Å². The molecule has 180 valence electrons. The minimum atomic E-state index is -0.364. The number of hydrogen-bond donors (Lipinski definition) is 3. The van der Waals surface area contributed by atoms with Gasteiger partial charge in [-0.2, -0.15) is 0 Å². The first-order chi connectivity index (χ1) is 15.0. The number of likely N-dealkylation sites (N-methyl/N-ethyl adjacent to an activating group) is 1. The Balaban J connectivity index is 0.00000363. The van der Waals surface area contributed by atoms with Crippen molar-refractivity contribution in [3.8, 4) is 0 Å². The number of halogens is 2. The van der Waals surface area contributed by atoms with Gasteiger partial charge in [0.05, 0.1) is 12.2 Å². The van der Waals surface area contributed by atoms with E-state index in [1.807, 2.05) is 19.1 Å². The third-order valence-corrected chi connectivity index (χ3v) is 6.08. The van der Waals surface area contributed by atoms with Crippen LogP contribution in [0, 0.1) is 5.82 Å². The van der Waals surface area contributed by atoms with Gasteiger partial charge in [-0.25, -0.2) is 14.2 Å². The monoisotopic (exact) mass is 561 g/mol. The van der Waals surface area contributed by atoms with E-state index >= 15 is 0 Å². The predicted molar refractivity (Wildman–Crippen MR) is 138 cm³/mol. The lowest BCUT2D eigenvalue weighted by molar-refractivity contribution is 0.188. The number of likely N-dealkylation sites (tertiary alicyclic amines) is 1. The van der Waals surface area contributed by atoms with Crippen LogP contribution in [0.25, 0.3) is 0 Å². The number of nitrogens with two attached hydrogens (primary N) is 1. The number of amides is 2. The summed E-state index contributed by atoms with van der Waals surface area (Å²) < 4.78 is 14.8. The molecule has 0 radical (unpaired) electrons. The summed E-state index contributed by atoms with van der Waals surface area (Å²) in [4.78, 5) is 22.1. The van der Waals surface area contributed by atoms with E-state index in [2.05, 4.69) is 32.3 Å². The van der Waals surface area contributed by atoms with E-state index in [0.29, 0.717) is 31.3 Å². The van der Waals surface area contributed by atoms with Gasteiger partial charge in [0.15, 0.2) is 5.96 Å². The van der Waals surface area contributed by atoms with E-state index in [1.54, 1.807) is 11.0 Å². The molecule has 0 aliphatic carbocycles. The number of anilines is 1. The fourth-order valence-corrected chi connectivity index (χ4v) is 4.14. The number of hydrogen-bond acceptors (Lipinski definition) is 4. The number of rotatable bonds is 6. The van der Waals surface area contributed by atoms with Crippen LogP contribution in [0.5, 0.6) is 0 Å². The number of nitrogens with one attached hydrogen (secondary N) is 2. The highest BCUT2D eigenvalue weighted by Crippen LogP contribution is 2.22. The number of piperidine rings is 1. The number of nitrogens with zero attached hydrogens (tertiary/aromatic N) is 4. The molecule has 0 bridgehead atoms. The molecule has 2 fully saturated rings. The third kappa shape index (κ3) is 7.36. The highest BCUT2D eigenvalue weighted by Gasteiger charge is 2.22. The molecule has 8 nitrogen and oxygen atoms in total. The van der Waals surface area contributed by atoms with Gasteiger partial charge in [-0.15, -0.1) is 24.0 Å². The van der Waals surface area contributed by atoms with Crippen molar-refractivity contribution in [1.82, 2.24) is 20.4 Å². The maximum absolute atomic E-state index is 14.8. The number of benzene rings is 1. The molecule has 2 saturated heterocycles. The van der Waals surface area contributed by atoms with E-state index in [1.165, 1.54) is 0 Å². The van der Waals surface area contributed by atoms with E-state index in [9.17, 15) is 9.18 Å². The van der Waals surface area contributed by atoms with Crippen LogP contribution in [-0.4, -0.2) is 80.2 Å². The van der Waals surface area contributed by atoms with Crippen LogP contribution < -0.4 is 21.3 Å². The minimum absolute atomic E-state index is 0. The van der Waals surface area contributed by atoms with Crippen LogP contribution in [0.1, 0.15) is 32.3 Å². The van der Waals surface area contributed by atoms with Gasteiger partial charge < -0.3 is 31.1 Å². The Kier molecular flexibility index (Phi) is 10.8. The zero-order chi connectivity index (χ0) is 22.2. The summed E-state index contributed by atoms with van der Waals surface area (Å²) in [5.41, 5.74) is 6.87. The topological polar surface area (TPSA) is 89.2 Å². The Morgan fingerprint density at radius 3 is 2.41 bits per heavy atom. The molecule has 0 atom stereocenters. The number of guanidine groups is 1. The van der Waals surface area contributed by atoms with Crippen molar-refractivity contribution in [2.45, 2.75) is 39.3 Å². The molecule has 0 aromatic heterocycles. The second-order valence-electron chi connectivity index (χ2n) is 8.15. The van der Waals surface area contributed by atoms with Crippen LogP contribution in [0.2, 0.25) is 0 Å². The van der Waals surface area contributed by atoms with Gasteiger partial charge in [0.2, 0.25) is 0 Å². The second kappa shape index (κ2) is 13.0. The van der Waals surface area contributed by atoms with Gasteiger partial charge in [0.1, 0.15) is 5.82 Å². The summed E-state index contributed by atoms with van der Waals surface area (Å²) in [5.74, 6) is 0.523. The van der Waals surface area contributed by atoms with Gasteiger partial charge >= 0.3 is 6.03 Å². The van der Waals surface area contributed by atoms with E-state index in [-0.39, 0.29) is 41.9 Å². The maximum atomic E-state index is 14.8. The number of carbonyl (C=O) groups is 1. The summed E-state index contributed by atoms with van der Waals surface area (Å²) in [7, 11) is 0. The molecule has 2 heterocycles. The molecule has 1 aromatic rings. The fourth-order valence-electron chi connectivity index (χ4n) is 4.14. The highest BCUT2D eigenvalue weighted by molar-refractivity contribution is 14.0. The fraction of sp³-hybridized carbons (Fsp3) is 0.636. The third-order valence-electron chi connectivity index (χ3n) is 6.08. The average molecular weight is 561 g/mol. The van der Waals surface area contributed by atoms with E-state index in [0.717, 1.165) is 57.7 Å². The van der Waals surface area contributed by atoms with Gasteiger partial charge in [-0.3, -0.25) is 0 Å². The Morgan fingerprint density at radius 1 is 1.16 bits per heavy atom. The Bertz CT molecular complexity index is 763. The summed E-state index contributed by atoms with van der Waals surface area (Å²) in [6, 6.07) is 5.30. The van der Waals surface area contributed by atoms with Crippen molar-refractivity contribution >= 4 is 41.7 Å². The number of aliphatic imine (C=N–C) groups is 1. The van der Waals surface area contributed by atoms with Crippen molar-refractivity contribution < 1.29 is 9.18 Å². The molecule has 2 amide bonds. The van der Waals surface area contributed by atoms with Gasteiger partial charge in [-0.05, 0) is 44.0 Å². The largest absolute Gasteiger partial charge is 0.367 e. The van der Waals surface area contributed by atoms with Crippen molar-refractivity contribution in [2.24, 2.45) is 10.7 Å². The summed E-state index contributed by atoms with van der Waals surface area (Å²) >= 11 is 0. The lowest BCUT2D eigenvalue weighted by Gasteiger charge is -2.35. The average Bonchev–Trinajstić information content (AvgIpc) is 2.78. The molecule has 3 rings (SSSR count). The van der Waals surface area contributed by atoms with Crippen LogP contribution >= 0.6 is 24.0 Å². The van der Waals surface area contributed by atoms with Crippen molar-refractivity contribution in [1.29, 1.82) is 0 Å². The Morgan fingerprint density at radius 2 is 1.84 bits per heavy atom. The second-order valence-corrected chi connectivity index (χ2v) is 8.15. The first kappa shape index (κ1) is 26.4. The Hall–Kier alpha value is -1.82. The molecule has 0 saturated carbocycles. The number of primary amides is 1. The lowest BCUT2D eigenvalue weighted by Crippen LogP contribution is -2.50. The quantitative estimate of drug-likeness (QED) is 0.282. The predicted octanol–water partition coefficient (Wildman–Crippen LogP) is 2.18. The highest BCUT2D eigenvalue weighted by atomic mass is 127. The molecule has 1 aromatic carbocycles. The maximum Gasteiger partial charge on any atom is 0.314 e. The van der Waals surface area contributed by atoms with Gasteiger partial charge in [0.25, 0.3) is 0 Å². The standard InChI is InChI=1S/C22H36FN7O.HI/c1-3-25-22(27-18-7-9-30(10-8-18)21(24)31)26-16-17-5-6-20(19(23)15-17)29-13-11-28(4-2)12-14-29;/h5-6,15,18H,3-4,7-14,16H2,1-2H3,(H2,24,31)(H2,25,26,27);1H. The minimum Gasteiger partial charge on any atom is -0.367 e. The summed E-state index contributed by atoms with van der Waals surface area (Å²) in [6.07, 6.45) is 1.64. The molecule has 10 heteroatoms. The summed E-state index contributed by atoms with van der Waals surface area (Å²) in [6.45, 7) is 11.3. The normalized spacial score (nSPS) is 18.3. The SMILES string of the molecule is CCNC(=NCc1ccc(N2CCN(CC)CC2)c(F)c1)NC1CCN(C(N)=O)CC1.I. The van der Waals surface area contributed by atoms with E-state index < -0.39 is 0 Å². The van der Waals surface area contributed by atoms with Crippen molar-refractivity contribution in [3.63, 3.8) is 0 Å². The van der Waals surface area contributed by atoms with Gasteiger partial charge in [0, 0.05) is 51.9 Å². The van der Waals surface area contributed by atoms with Crippen LogP contribution in [0.4, 0.5) is 14.9 Å². The zero-order valence-corrected chi connectivity index (χ0v) is 21.5. The van der Waals surface area contributed by atoms with Crippen molar-refractivity contribution in [3.05, 3.63) is 29.6 Å². The molecule has 0 unspecified atom stereocenters. The number of urea groups is 1. The lowest BCUT2D eigenvalue weighted by atomic mass is 10.1.